The molecule has 0 saturated carbocycles. The van der Waals surface area contributed by atoms with Crippen molar-refractivity contribution >= 4 is 28.7 Å². The third-order valence-corrected chi connectivity index (χ3v) is 6.12. The quantitative estimate of drug-likeness (QED) is 0.244. The lowest BCUT2D eigenvalue weighted by atomic mass is 9.94. The van der Waals surface area contributed by atoms with Gasteiger partial charge in [0.15, 0.2) is 22.1 Å². The summed E-state index contributed by atoms with van der Waals surface area (Å²) in [5, 5.41) is 42.6. The third-order valence-electron chi connectivity index (χ3n) is 5.06. The summed E-state index contributed by atoms with van der Waals surface area (Å²) in [7, 11) is 1.97. The highest BCUT2D eigenvalue weighted by atomic mass is 32.2. The van der Waals surface area contributed by atoms with Gasteiger partial charge in [0.25, 0.3) is 0 Å². The number of hydrogen-bond acceptors (Lipinski definition) is 9. The molecule has 4 atom stereocenters. The van der Waals surface area contributed by atoms with E-state index in [0.717, 1.165) is 17.9 Å². The second-order valence-corrected chi connectivity index (χ2v) is 8.28. The van der Waals surface area contributed by atoms with Gasteiger partial charge in [0, 0.05) is 24.7 Å². The van der Waals surface area contributed by atoms with E-state index in [0.29, 0.717) is 28.7 Å². The zero-order chi connectivity index (χ0) is 21.3. The molecule has 3 aromatic heterocycles. The highest BCUT2D eigenvalue weighted by Crippen LogP contribution is 2.29. The molecule has 0 unspecified atom stereocenters. The molecule has 3 heterocycles. The lowest BCUT2D eigenvalue weighted by molar-refractivity contribution is -0.0636. The van der Waals surface area contributed by atoms with Crippen LogP contribution in [0.15, 0.2) is 35.6 Å². The Hall–Kier alpha value is -2.47. The van der Waals surface area contributed by atoms with Gasteiger partial charge in [0.1, 0.15) is 24.4 Å². The normalized spacial score (nSPS) is 23.9. The number of thioether (sulfide) groups is 1. The van der Waals surface area contributed by atoms with Gasteiger partial charge in [0.2, 0.25) is 0 Å². The minimum Gasteiger partial charge on any atom is -0.388 e. The summed E-state index contributed by atoms with van der Waals surface area (Å²) in [6.45, 7) is 2.64. The van der Waals surface area contributed by atoms with Crippen molar-refractivity contribution in [2.75, 3.05) is 11.1 Å². The molecule has 3 aromatic rings. The van der Waals surface area contributed by atoms with E-state index in [9.17, 15) is 15.3 Å². The third kappa shape index (κ3) is 3.93. The molecule has 1 aliphatic rings. The molecule has 160 valence electrons. The van der Waals surface area contributed by atoms with Crippen LogP contribution in [-0.4, -0.2) is 68.9 Å². The van der Waals surface area contributed by atoms with Gasteiger partial charge in [-0.05, 0) is 18.6 Å². The van der Waals surface area contributed by atoms with Crippen LogP contribution in [0.3, 0.4) is 0 Å². The number of nitrogens with one attached hydrogen (secondary N) is 1. The highest BCUT2D eigenvalue weighted by molar-refractivity contribution is 7.99. The predicted octanol–water partition coefficient (Wildman–Crippen LogP) is 0.868. The number of aliphatic hydroxyl groups excluding tert-OH is 3. The summed E-state index contributed by atoms with van der Waals surface area (Å²) < 4.78 is 3.49. The van der Waals surface area contributed by atoms with Gasteiger partial charge < -0.3 is 25.2 Å². The molecule has 0 fully saturated rings. The zero-order valence-electron chi connectivity index (χ0n) is 16.8. The number of aliphatic hydroxyl groups is 3. The molecule has 0 aromatic carbocycles. The topological polar surface area (TPSA) is 134 Å². The van der Waals surface area contributed by atoms with Gasteiger partial charge in [-0.3, -0.25) is 0 Å². The Morgan fingerprint density at radius 2 is 2.00 bits per heavy atom. The number of nitrogens with zero attached hydrogens (tertiary/aromatic N) is 6. The lowest BCUT2D eigenvalue weighted by Crippen LogP contribution is -2.44. The van der Waals surface area contributed by atoms with Gasteiger partial charge in [0.05, 0.1) is 6.54 Å². The van der Waals surface area contributed by atoms with Crippen LogP contribution in [0.2, 0.25) is 0 Å². The molecule has 1 aliphatic carbocycles. The largest absolute Gasteiger partial charge is 0.388 e. The van der Waals surface area contributed by atoms with E-state index in [2.05, 4.69) is 32.5 Å². The summed E-state index contributed by atoms with van der Waals surface area (Å²) >= 11 is 1.53. The maximum absolute atomic E-state index is 10.5. The molecule has 4 N–H and O–H groups in total. The van der Waals surface area contributed by atoms with Crippen molar-refractivity contribution in [3.63, 3.8) is 0 Å². The van der Waals surface area contributed by atoms with Crippen LogP contribution in [0.4, 0.5) is 5.82 Å². The van der Waals surface area contributed by atoms with Crippen LogP contribution in [0.25, 0.3) is 11.2 Å². The summed E-state index contributed by atoms with van der Waals surface area (Å²) in [6.07, 6.45) is 2.32. The van der Waals surface area contributed by atoms with Gasteiger partial charge in [-0.15, -0.1) is 5.10 Å². The molecule has 0 aliphatic heterocycles. The summed E-state index contributed by atoms with van der Waals surface area (Å²) in [6, 6.07) is 3.29. The fourth-order valence-electron chi connectivity index (χ4n) is 3.33. The molecule has 0 amide bonds. The molecule has 11 heteroatoms. The first-order chi connectivity index (χ1) is 14.5. The first-order valence-corrected chi connectivity index (χ1v) is 10.8. The smallest absolute Gasteiger partial charge is 0.191 e. The molecule has 4 rings (SSSR count). The van der Waals surface area contributed by atoms with Crippen molar-refractivity contribution in [3.05, 3.63) is 36.2 Å². The number of aryl methyl sites for hydroxylation is 1. The van der Waals surface area contributed by atoms with Crippen molar-refractivity contribution in [3.8, 4) is 0 Å². The lowest BCUT2D eigenvalue weighted by Gasteiger charge is -2.30. The Morgan fingerprint density at radius 1 is 1.17 bits per heavy atom. The summed E-state index contributed by atoms with van der Waals surface area (Å²) in [4.78, 5) is 9.22. The highest BCUT2D eigenvalue weighted by Gasteiger charge is 2.36. The number of rotatable bonds is 7. The zero-order valence-corrected chi connectivity index (χ0v) is 17.6. The van der Waals surface area contributed by atoms with E-state index in [1.54, 1.807) is 6.08 Å². The molecule has 0 radical (unpaired) electrons. The summed E-state index contributed by atoms with van der Waals surface area (Å²) in [5.74, 6) is 1.42. The van der Waals surface area contributed by atoms with Gasteiger partial charge in [-0.25, -0.2) is 14.6 Å². The van der Waals surface area contributed by atoms with Gasteiger partial charge >= 0.3 is 0 Å². The fourth-order valence-corrected chi connectivity index (χ4v) is 4.03. The van der Waals surface area contributed by atoms with E-state index < -0.39 is 24.4 Å². The van der Waals surface area contributed by atoms with Crippen LogP contribution in [0, 0.1) is 0 Å². The Bertz CT molecular complexity index is 1050. The Balaban J connectivity index is 1.72. The number of hydrogen-bond donors (Lipinski definition) is 4. The van der Waals surface area contributed by atoms with E-state index in [4.69, 9.17) is 0 Å². The molecular formula is C19H25N7O3S. The fraction of sp³-hybridized carbons (Fsp3) is 0.474. The number of aromatic nitrogens is 6. The van der Waals surface area contributed by atoms with E-state index in [1.165, 1.54) is 22.5 Å². The molecule has 0 spiro atoms. The Labute approximate surface area is 177 Å². The van der Waals surface area contributed by atoms with E-state index in [1.807, 2.05) is 29.9 Å². The predicted molar refractivity (Wildman–Crippen MR) is 113 cm³/mol. The first-order valence-electron chi connectivity index (χ1n) is 9.82. The average Bonchev–Trinajstić information content (AvgIpc) is 3.35. The van der Waals surface area contributed by atoms with Crippen LogP contribution in [-0.2, 0) is 13.6 Å². The molecular weight excluding hydrogens is 406 g/mol. The van der Waals surface area contributed by atoms with Crippen LogP contribution in [0.5, 0.6) is 0 Å². The molecule has 10 nitrogen and oxygen atoms in total. The maximum atomic E-state index is 10.5. The van der Waals surface area contributed by atoms with Gasteiger partial charge in [-0.2, -0.15) is 0 Å². The second kappa shape index (κ2) is 8.72. The van der Waals surface area contributed by atoms with Crippen molar-refractivity contribution < 1.29 is 15.3 Å². The Kier molecular flexibility index (Phi) is 6.04. The minimum absolute atomic E-state index is 0.454. The standard InChI is InChI=1S/C19H25N7O3S/c1-3-9-30-19-21-17(20-10-11-5-4-8-25(11)2)14-18(22-19)26(24-23-14)12-6-7-13(27)16(29)15(12)28/h4-8,12-13,15-16,27-29H,3,9-10H2,1-2H3,(H,20,21,22)/t12-,13+,15+,16-/m1/s1. The molecule has 30 heavy (non-hydrogen) atoms. The van der Waals surface area contributed by atoms with Crippen molar-refractivity contribution in [2.24, 2.45) is 7.05 Å². The summed E-state index contributed by atoms with van der Waals surface area (Å²) in [5.41, 5.74) is 2.02. The van der Waals surface area contributed by atoms with Crippen molar-refractivity contribution in [1.82, 2.24) is 29.5 Å². The number of fused-ring (bicyclic) bond motifs is 1. The molecule has 0 saturated heterocycles. The van der Waals surface area contributed by atoms with E-state index in [-0.39, 0.29) is 0 Å². The van der Waals surface area contributed by atoms with Gasteiger partial charge in [-0.1, -0.05) is 36.1 Å². The maximum Gasteiger partial charge on any atom is 0.191 e. The first kappa shape index (κ1) is 20.8. The van der Waals surface area contributed by atoms with Crippen LogP contribution >= 0.6 is 11.8 Å². The second-order valence-electron chi connectivity index (χ2n) is 7.22. The van der Waals surface area contributed by atoms with Crippen molar-refractivity contribution in [2.45, 2.75) is 49.4 Å². The van der Waals surface area contributed by atoms with Crippen molar-refractivity contribution in [1.29, 1.82) is 0 Å². The van der Waals surface area contributed by atoms with Crippen LogP contribution < -0.4 is 5.32 Å². The average molecular weight is 432 g/mol. The molecule has 0 bridgehead atoms. The number of anilines is 1. The van der Waals surface area contributed by atoms with E-state index >= 15 is 0 Å². The Morgan fingerprint density at radius 3 is 2.73 bits per heavy atom. The van der Waals surface area contributed by atoms with Crippen LogP contribution in [0.1, 0.15) is 25.1 Å². The monoisotopic (exact) mass is 431 g/mol. The minimum atomic E-state index is -1.31. The SMILES string of the molecule is CCCSc1nc(NCc2cccn2C)c2nnn([C@@H]3C=C[C@H](O)[C@@H](O)[C@H]3O)c2n1.